The van der Waals surface area contributed by atoms with Gasteiger partial charge in [-0.2, -0.15) is 0 Å². The molecule has 2 N–H and O–H groups in total. The van der Waals surface area contributed by atoms with Crippen molar-refractivity contribution in [3.63, 3.8) is 0 Å². The molecule has 0 aliphatic rings. The van der Waals surface area contributed by atoms with Crippen molar-refractivity contribution in [2.45, 2.75) is 32.7 Å². The SMILES string of the molecule is CCCNC(CCO)c1ccc(C)s1. The van der Waals surface area contributed by atoms with Gasteiger partial charge in [-0.3, -0.25) is 0 Å². The Bertz CT molecular complexity index is 260. The normalized spacial score (nSPS) is 13.1. The molecule has 80 valence electrons. The molecule has 1 heterocycles. The third-order valence-electron chi connectivity index (χ3n) is 2.16. The van der Waals surface area contributed by atoms with E-state index in [4.69, 9.17) is 5.11 Å². The molecule has 0 spiro atoms. The molecular weight excluding hydrogens is 194 g/mol. The highest BCUT2D eigenvalue weighted by molar-refractivity contribution is 7.12. The van der Waals surface area contributed by atoms with Crippen LogP contribution in [-0.2, 0) is 0 Å². The van der Waals surface area contributed by atoms with Crippen molar-refractivity contribution in [1.82, 2.24) is 5.32 Å². The Morgan fingerprint density at radius 1 is 1.50 bits per heavy atom. The van der Waals surface area contributed by atoms with Crippen LogP contribution >= 0.6 is 11.3 Å². The Morgan fingerprint density at radius 3 is 2.79 bits per heavy atom. The highest BCUT2D eigenvalue weighted by Crippen LogP contribution is 2.24. The van der Waals surface area contributed by atoms with Gasteiger partial charge in [-0.1, -0.05) is 6.92 Å². The summed E-state index contributed by atoms with van der Waals surface area (Å²) in [5.74, 6) is 0. The van der Waals surface area contributed by atoms with Crippen LogP contribution in [0, 0.1) is 6.92 Å². The lowest BCUT2D eigenvalue weighted by molar-refractivity contribution is 0.266. The first kappa shape index (κ1) is 11.7. The number of aliphatic hydroxyl groups excluding tert-OH is 1. The van der Waals surface area contributed by atoms with Crippen LogP contribution in [0.5, 0.6) is 0 Å². The van der Waals surface area contributed by atoms with Crippen LogP contribution in [0.25, 0.3) is 0 Å². The number of thiophene rings is 1. The number of nitrogens with one attached hydrogen (secondary N) is 1. The molecule has 0 aromatic carbocycles. The maximum atomic E-state index is 8.97. The lowest BCUT2D eigenvalue weighted by Crippen LogP contribution is -2.22. The first-order valence-electron chi connectivity index (χ1n) is 5.18. The molecule has 0 saturated heterocycles. The van der Waals surface area contributed by atoms with Crippen LogP contribution in [0.4, 0.5) is 0 Å². The molecule has 14 heavy (non-hydrogen) atoms. The summed E-state index contributed by atoms with van der Waals surface area (Å²) < 4.78 is 0. The largest absolute Gasteiger partial charge is 0.396 e. The van der Waals surface area contributed by atoms with Gasteiger partial charge in [-0.05, 0) is 38.4 Å². The summed E-state index contributed by atoms with van der Waals surface area (Å²) in [6.45, 7) is 5.53. The molecule has 0 bridgehead atoms. The van der Waals surface area contributed by atoms with E-state index in [1.807, 2.05) is 11.3 Å². The monoisotopic (exact) mass is 213 g/mol. The van der Waals surface area contributed by atoms with E-state index in [2.05, 4.69) is 31.3 Å². The van der Waals surface area contributed by atoms with Gasteiger partial charge in [0, 0.05) is 22.4 Å². The Hall–Kier alpha value is -0.380. The average molecular weight is 213 g/mol. The van der Waals surface area contributed by atoms with Gasteiger partial charge in [0.05, 0.1) is 0 Å². The van der Waals surface area contributed by atoms with Gasteiger partial charge in [-0.25, -0.2) is 0 Å². The van der Waals surface area contributed by atoms with Crippen LogP contribution < -0.4 is 5.32 Å². The summed E-state index contributed by atoms with van der Waals surface area (Å²) in [6, 6.07) is 4.62. The van der Waals surface area contributed by atoms with Gasteiger partial charge in [0.1, 0.15) is 0 Å². The topological polar surface area (TPSA) is 32.3 Å². The van der Waals surface area contributed by atoms with Crippen LogP contribution in [0.15, 0.2) is 12.1 Å². The Labute approximate surface area is 90.0 Å². The summed E-state index contributed by atoms with van der Waals surface area (Å²) in [4.78, 5) is 2.67. The Kier molecular flexibility index (Phi) is 5.15. The van der Waals surface area contributed by atoms with Gasteiger partial charge in [0.2, 0.25) is 0 Å². The number of hydrogen-bond acceptors (Lipinski definition) is 3. The first-order valence-corrected chi connectivity index (χ1v) is 6.00. The van der Waals surface area contributed by atoms with E-state index >= 15 is 0 Å². The van der Waals surface area contributed by atoms with Crippen LogP contribution in [-0.4, -0.2) is 18.3 Å². The molecule has 0 saturated carbocycles. The van der Waals surface area contributed by atoms with Crippen molar-refractivity contribution in [2.75, 3.05) is 13.2 Å². The van der Waals surface area contributed by atoms with E-state index in [0.29, 0.717) is 6.04 Å². The van der Waals surface area contributed by atoms with E-state index in [1.54, 1.807) is 0 Å². The van der Waals surface area contributed by atoms with E-state index in [9.17, 15) is 0 Å². The molecule has 2 nitrogen and oxygen atoms in total. The van der Waals surface area contributed by atoms with Crippen LogP contribution in [0.3, 0.4) is 0 Å². The minimum Gasteiger partial charge on any atom is -0.396 e. The molecule has 0 amide bonds. The van der Waals surface area contributed by atoms with E-state index in [-0.39, 0.29) is 6.61 Å². The lowest BCUT2D eigenvalue weighted by Gasteiger charge is -2.15. The fourth-order valence-electron chi connectivity index (χ4n) is 1.43. The molecule has 0 radical (unpaired) electrons. The number of aliphatic hydroxyl groups is 1. The molecule has 1 aromatic rings. The zero-order valence-electron chi connectivity index (χ0n) is 8.92. The smallest absolute Gasteiger partial charge is 0.0449 e. The van der Waals surface area contributed by atoms with Crippen LogP contribution in [0.2, 0.25) is 0 Å². The van der Waals surface area contributed by atoms with Crippen molar-refractivity contribution in [2.24, 2.45) is 0 Å². The summed E-state index contributed by atoms with van der Waals surface area (Å²) in [5.41, 5.74) is 0. The molecule has 0 aliphatic carbocycles. The first-order chi connectivity index (χ1) is 6.77. The Balaban J connectivity index is 2.57. The predicted octanol–water partition coefficient (Wildman–Crippen LogP) is 2.48. The predicted molar refractivity (Wildman–Crippen MR) is 61.8 cm³/mol. The zero-order chi connectivity index (χ0) is 10.4. The van der Waals surface area contributed by atoms with Crippen molar-refractivity contribution in [3.8, 4) is 0 Å². The fraction of sp³-hybridized carbons (Fsp3) is 0.636. The lowest BCUT2D eigenvalue weighted by atomic mass is 10.1. The number of aryl methyl sites for hydroxylation is 1. The Morgan fingerprint density at radius 2 is 2.29 bits per heavy atom. The van der Waals surface area contributed by atoms with Crippen molar-refractivity contribution in [3.05, 3.63) is 21.9 Å². The molecule has 1 atom stereocenters. The van der Waals surface area contributed by atoms with Gasteiger partial charge in [0.25, 0.3) is 0 Å². The summed E-state index contributed by atoms with van der Waals surface area (Å²) in [7, 11) is 0. The van der Waals surface area contributed by atoms with Gasteiger partial charge in [-0.15, -0.1) is 11.3 Å². The van der Waals surface area contributed by atoms with Crippen molar-refractivity contribution < 1.29 is 5.11 Å². The second-order valence-corrected chi connectivity index (χ2v) is 4.79. The standard InChI is InChI=1S/C11H19NOS/c1-3-7-12-10(6-8-13)11-5-4-9(2)14-11/h4-5,10,12-13H,3,6-8H2,1-2H3. The molecule has 0 fully saturated rings. The minimum absolute atomic E-state index is 0.248. The summed E-state index contributed by atoms with van der Waals surface area (Å²) >= 11 is 1.81. The molecule has 1 unspecified atom stereocenters. The average Bonchev–Trinajstić information content (AvgIpc) is 2.59. The third kappa shape index (κ3) is 3.40. The van der Waals surface area contributed by atoms with E-state index in [1.165, 1.54) is 9.75 Å². The van der Waals surface area contributed by atoms with Gasteiger partial charge in [0.15, 0.2) is 0 Å². The van der Waals surface area contributed by atoms with Crippen molar-refractivity contribution >= 4 is 11.3 Å². The van der Waals surface area contributed by atoms with Gasteiger partial charge >= 0.3 is 0 Å². The quantitative estimate of drug-likeness (QED) is 0.761. The summed E-state index contributed by atoms with van der Waals surface area (Å²) in [6.07, 6.45) is 1.94. The fourth-order valence-corrected chi connectivity index (χ4v) is 2.42. The van der Waals surface area contributed by atoms with Crippen molar-refractivity contribution in [1.29, 1.82) is 0 Å². The maximum Gasteiger partial charge on any atom is 0.0449 e. The minimum atomic E-state index is 0.248. The van der Waals surface area contributed by atoms with Crippen LogP contribution in [0.1, 0.15) is 35.6 Å². The molecule has 1 rings (SSSR count). The highest BCUT2D eigenvalue weighted by atomic mass is 32.1. The molecule has 0 aliphatic heterocycles. The third-order valence-corrected chi connectivity index (χ3v) is 3.28. The van der Waals surface area contributed by atoms with E-state index in [0.717, 1.165) is 19.4 Å². The maximum absolute atomic E-state index is 8.97. The van der Waals surface area contributed by atoms with Gasteiger partial charge < -0.3 is 10.4 Å². The molecule has 3 heteroatoms. The second kappa shape index (κ2) is 6.17. The molecular formula is C11H19NOS. The summed E-state index contributed by atoms with van der Waals surface area (Å²) in [5, 5.41) is 12.4. The second-order valence-electron chi connectivity index (χ2n) is 3.47. The highest BCUT2D eigenvalue weighted by Gasteiger charge is 2.11. The number of rotatable bonds is 6. The number of hydrogen-bond donors (Lipinski definition) is 2. The zero-order valence-corrected chi connectivity index (χ0v) is 9.73. The van der Waals surface area contributed by atoms with E-state index < -0.39 is 0 Å². The molecule has 1 aromatic heterocycles.